The van der Waals surface area contributed by atoms with Crippen LogP contribution in [0.5, 0.6) is 0 Å². The van der Waals surface area contributed by atoms with Crippen molar-refractivity contribution in [2.24, 2.45) is 0 Å². The summed E-state index contributed by atoms with van der Waals surface area (Å²) in [6.45, 7) is 0. The van der Waals surface area contributed by atoms with E-state index in [2.05, 4.69) is 4.98 Å². The molecular weight excluding hydrogens is 514 g/mol. The molecule has 0 radical (unpaired) electrons. The molecular formula is C31H18F6N2. The molecule has 1 aliphatic carbocycles. The summed E-state index contributed by atoms with van der Waals surface area (Å²) < 4.78 is 82.7. The molecule has 0 saturated carbocycles. The van der Waals surface area contributed by atoms with Crippen molar-refractivity contribution in [2.45, 2.75) is 17.8 Å². The molecule has 0 bridgehead atoms. The van der Waals surface area contributed by atoms with Gasteiger partial charge in [-0.1, -0.05) is 54.6 Å². The highest BCUT2D eigenvalue weighted by Crippen LogP contribution is 2.56. The Balaban J connectivity index is 1.73. The summed E-state index contributed by atoms with van der Waals surface area (Å²) in [5, 5.41) is 0. The third-order valence-corrected chi connectivity index (χ3v) is 7.04. The monoisotopic (exact) mass is 532 g/mol. The number of pyridine rings is 2. The van der Waals surface area contributed by atoms with Crippen molar-refractivity contribution >= 4 is 0 Å². The van der Waals surface area contributed by atoms with Gasteiger partial charge >= 0.3 is 12.4 Å². The first kappa shape index (κ1) is 24.9. The summed E-state index contributed by atoms with van der Waals surface area (Å²) >= 11 is 0. The summed E-state index contributed by atoms with van der Waals surface area (Å²) in [6.07, 6.45) is -7.82. The lowest BCUT2D eigenvalue weighted by Crippen LogP contribution is -2.31. The van der Waals surface area contributed by atoms with Gasteiger partial charge in [-0.05, 0) is 70.8 Å². The molecule has 2 nitrogen and oxygen atoms in total. The number of alkyl halides is 6. The second kappa shape index (κ2) is 8.80. The fourth-order valence-electron chi connectivity index (χ4n) is 5.37. The van der Waals surface area contributed by atoms with E-state index < -0.39 is 28.9 Å². The van der Waals surface area contributed by atoms with E-state index in [0.29, 0.717) is 28.2 Å². The average molecular weight is 532 g/mol. The lowest BCUT2D eigenvalue weighted by atomic mass is 9.72. The Kier molecular flexibility index (Phi) is 5.61. The minimum Gasteiger partial charge on any atom is -0.260 e. The van der Waals surface area contributed by atoms with Crippen LogP contribution in [-0.4, -0.2) is 9.97 Å². The first-order valence-corrected chi connectivity index (χ1v) is 12.0. The van der Waals surface area contributed by atoms with Gasteiger partial charge in [-0.3, -0.25) is 9.97 Å². The minimum absolute atomic E-state index is 0.0588. The predicted molar refractivity (Wildman–Crippen MR) is 135 cm³/mol. The minimum atomic E-state index is -4.68. The normalized spacial score (nSPS) is 14.1. The van der Waals surface area contributed by atoms with Crippen LogP contribution in [0.25, 0.3) is 22.4 Å². The van der Waals surface area contributed by atoms with E-state index in [1.54, 1.807) is 42.6 Å². The molecule has 0 fully saturated rings. The quantitative estimate of drug-likeness (QED) is 0.214. The molecule has 6 rings (SSSR count). The lowest BCUT2D eigenvalue weighted by molar-refractivity contribution is -0.138. The molecule has 2 heterocycles. The zero-order valence-electron chi connectivity index (χ0n) is 20.1. The number of aromatic nitrogens is 2. The van der Waals surface area contributed by atoms with Gasteiger partial charge in [0, 0.05) is 11.8 Å². The number of rotatable bonds is 3. The Morgan fingerprint density at radius 2 is 1.10 bits per heavy atom. The molecule has 0 unspecified atom stereocenters. The molecule has 0 atom stereocenters. The highest BCUT2D eigenvalue weighted by atomic mass is 19.4. The van der Waals surface area contributed by atoms with Gasteiger partial charge in [0.25, 0.3) is 0 Å². The van der Waals surface area contributed by atoms with E-state index >= 15 is 0 Å². The highest BCUT2D eigenvalue weighted by molar-refractivity contribution is 5.86. The van der Waals surface area contributed by atoms with Crippen molar-refractivity contribution in [3.05, 3.63) is 143 Å². The van der Waals surface area contributed by atoms with E-state index in [1.807, 2.05) is 30.3 Å². The summed E-state index contributed by atoms with van der Waals surface area (Å²) in [6, 6.07) is 26.2. The van der Waals surface area contributed by atoms with Crippen molar-refractivity contribution in [3.8, 4) is 22.4 Å². The third-order valence-electron chi connectivity index (χ3n) is 7.04. The van der Waals surface area contributed by atoms with Crippen LogP contribution in [0.2, 0.25) is 0 Å². The van der Waals surface area contributed by atoms with Crippen molar-refractivity contribution in [1.29, 1.82) is 0 Å². The predicted octanol–water partition coefficient (Wildman–Crippen LogP) is 8.54. The number of halogens is 6. The van der Waals surface area contributed by atoms with Gasteiger partial charge in [0.05, 0.1) is 28.2 Å². The molecule has 0 spiro atoms. The molecule has 0 aliphatic heterocycles. The van der Waals surface area contributed by atoms with Crippen LogP contribution in [0.15, 0.2) is 109 Å². The van der Waals surface area contributed by atoms with E-state index in [-0.39, 0.29) is 11.1 Å². The Hall–Kier alpha value is -4.46. The highest BCUT2D eigenvalue weighted by Gasteiger charge is 2.50. The van der Waals surface area contributed by atoms with Crippen molar-refractivity contribution in [3.63, 3.8) is 0 Å². The second-order valence-corrected chi connectivity index (χ2v) is 9.26. The van der Waals surface area contributed by atoms with Crippen LogP contribution < -0.4 is 0 Å². The Morgan fingerprint density at radius 3 is 1.64 bits per heavy atom. The fraction of sp³-hybridized carbons (Fsp3) is 0.0968. The zero-order valence-corrected chi connectivity index (χ0v) is 20.1. The molecule has 5 aromatic rings. The van der Waals surface area contributed by atoms with E-state index in [4.69, 9.17) is 4.98 Å². The van der Waals surface area contributed by atoms with Gasteiger partial charge in [0.2, 0.25) is 0 Å². The van der Waals surface area contributed by atoms with Gasteiger partial charge in [0.15, 0.2) is 0 Å². The maximum absolute atomic E-state index is 13.8. The zero-order chi connectivity index (χ0) is 27.4. The molecule has 3 aromatic carbocycles. The van der Waals surface area contributed by atoms with Crippen LogP contribution >= 0.6 is 0 Å². The fourth-order valence-corrected chi connectivity index (χ4v) is 5.37. The summed E-state index contributed by atoms with van der Waals surface area (Å²) in [5.41, 5.74) is -0.102. The van der Waals surface area contributed by atoms with Crippen LogP contribution in [-0.2, 0) is 17.8 Å². The van der Waals surface area contributed by atoms with Crippen LogP contribution in [0.1, 0.15) is 33.6 Å². The van der Waals surface area contributed by atoms with Gasteiger partial charge in [-0.2, -0.15) is 26.3 Å². The smallest absolute Gasteiger partial charge is 0.260 e. The van der Waals surface area contributed by atoms with Crippen LogP contribution in [0.4, 0.5) is 26.3 Å². The van der Waals surface area contributed by atoms with Gasteiger partial charge < -0.3 is 0 Å². The number of hydrogen-bond acceptors (Lipinski definition) is 2. The van der Waals surface area contributed by atoms with Gasteiger partial charge in [0.1, 0.15) is 5.41 Å². The lowest BCUT2D eigenvalue weighted by Gasteiger charge is -2.32. The first-order chi connectivity index (χ1) is 18.6. The number of hydrogen-bond donors (Lipinski definition) is 0. The van der Waals surface area contributed by atoms with Crippen molar-refractivity contribution in [1.82, 2.24) is 9.97 Å². The second-order valence-electron chi connectivity index (χ2n) is 9.26. The molecule has 0 N–H and O–H groups in total. The number of benzene rings is 3. The average Bonchev–Trinajstić information content (AvgIpc) is 3.23. The SMILES string of the molecule is FC(F)(F)c1ccc2c(c1)-c1cc(C(F)(F)F)ccc1C2(c1ccccn1)c1cccc(-c2ccccc2)n1. The van der Waals surface area contributed by atoms with Gasteiger partial charge in [-0.15, -0.1) is 0 Å². The number of fused-ring (bicyclic) bond motifs is 3. The maximum Gasteiger partial charge on any atom is 0.416 e. The molecule has 39 heavy (non-hydrogen) atoms. The van der Waals surface area contributed by atoms with Crippen molar-refractivity contribution < 1.29 is 26.3 Å². The molecule has 1 aliphatic rings. The van der Waals surface area contributed by atoms with Crippen LogP contribution in [0.3, 0.4) is 0 Å². The molecule has 8 heteroatoms. The molecule has 2 aromatic heterocycles. The van der Waals surface area contributed by atoms with Crippen molar-refractivity contribution in [2.75, 3.05) is 0 Å². The number of nitrogens with zero attached hydrogens (tertiary/aromatic N) is 2. The standard InChI is InChI=1S/C31H18F6N2/c32-30(33,34)20-12-14-24-22(17-20)23-18-21(31(35,36)37)13-15-25(23)29(24,27-10-4-5-16-38-27)28-11-6-9-26(39-28)19-7-2-1-3-8-19/h1-18H. The molecule has 194 valence electrons. The summed E-state index contributed by atoms with van der Waals surface area (Å²) in [5.74, 6) is 0. The third kappa shape index (κ3) is 3.98. The summed E-state index contributed by atoms with van der Waals surface area (Å²) in [4.78, 5) is 9.50. The summed E-state index contributed by atoms with van der Waals surface area (Å²) in [7, 11) is 0. The van der Waals surface area contributed by atoms with Gasteiger partial charge in [-0.25, -0.2) is 0 Å². The molecule has 0 saturated heterocycles. The van der Waals surface area contributed by atoms with E-state index in [0.717, 1.165) is 29.8 Å². The Bertz CT molecular complexity index is 1610. The Morgan fingerprint density at radius 1 is 0.538 bits per heavy atom. The van der Waals surface area contributed by atoms with E-state index in [1.165, 1.54) is 12.1 Å². The molecule has 0 amide bonds. The topological polar surface area (TPSA) is 25.8 Å². The maximum atomic E-state index is 13.8. The largest absolute Gasteiger partial charge is 0.416 e. The van der Waals surface area contributed by atoms with Crippen LogP contribution in [0, 0.1) is 0 Å². The van der Waals surface area contributed by atoms with E-state index in [9.17, 15) is 26.3 Å². The first-order valence-electron chi connectivity index (χ1n) is 12.0. The Labute approximate surface area is 219 Å².